The number of aryl methyl sites for hydroxylation is 1. The summed E-state index contributed by atoms with van der Waals surface area (Å²) in [5, 5.41) is 15.0. The van der Waals surface area contributed by atoms with E-state index in [1.807, 2.05) is 19.1 Å². The molecule has 2 aromatic heterocycles. The first kappa shape index (κ1) is 14.6. The van der Waals surface area contributed by atoms with E-state index in [0.29, 0.717) is 5.69 Å². The van der Waals surface area contributed by atoms with E-state index in [9.17, 15) is 8.42 Å². The number of aliphatic hydroxyl groups is 1. The summed E-state index contributed by atoms with van der Waals surface area (Å²) in [7, 11) is -3.75. The first-order valence-electron chi connectivity index (χ1n) is 6.14. The lowest BCUT2D eigenvalue weighted by molar-refractivity contribution is 0.278. The van der Waals surface area contributed by atoms with Crippen LogP contribution in [0.25, 0.3) is 0 Å². The Morgan fingerprint density at radius 2 is 2.20 bits per heavy atom. The third-order valence-electron chi connectivity index (χ3n) is 2.91. The molecule has 0 unspecified atom stereocenters. The maximum Gasteiger partial charge on any atom is 0.258 e. The van der Waals surface area contributed by atoms with Gasteiger partial charge in [0.05, 0.1) is 25.0 Å². The summed E-state index contributed by atoms with van der Waals surface area (Å²) in [6.07, 6.45) is 3.68. The zero-order valence-corrected chi connectivity index (χ0v) is 11.8. The Morgan fingerprint density at radius 1 is 1.40 bits per heavy atom. The highest BCUT2D eigenvalue weighted by atomic mass is 32.2. The van der Waals surface area contributed by atoms with Gasteiger partial charge in [0.25, 0.3) is 10.0 Å². The van der Waals surface area contributed by atoms with E-state index in [0.717, 1.165) is 12.0 Å². The molecule has 0 aliphatic heterocycles. The van der Waals surface area contributed by atoms with Crippen LogP contribution in [0.4, 0.5) is 0 Å². The normalized spacial score (nSPS) is 11.7. The van der Waals surface area contributed by atoms with E-state index in [1.54, 1.807) is 6.20 Å². The van der Waals surface area contributed by atoms with Crippen molar-refractivity contribution in [2.24, 2.45) is 0 Å². The van der Waals surface area contributed by atoms with Gasteiger partial charge >= 0.3 is 0 Å². The average Bonchev–Trinajstić information content (AvgIpc) is 2.95. The van der Waals surface area contributed by atoms with Crippen LogP contribution in [0.3, 0.4) is 0 Å². The highest BCUT2D eigenvalue weighted by Gasteiger charge is 2.20. The van der Waals surface area contributed by atoms with E-state index < -0.39 is 16.6 Å². The SMILES string of the molecule is CCc1cccnc1CNS(=O)(=O)c1[nH]ncc1CO. The minimum Gasteiger partial charge on any atom is -0.392 e. The van der Waals surface area contributed by atoms with Crippen molar-refractivity contribution in [2.75, 3.05) is 0 Å². The molecule has 0 amide bonds. The standard InChI is InChI=1S/C12H16N4O3S/c1-2-9-4-3-5-13-11(9)7-15-20(18,19)12-10(8-17)6-14-16-12/h3-6,15,17H,2,7-8H2,1H3,(H,14,16). The molecule has 0 aliphatic rings. The topological polar surface area (TPSA) is 108 Å². The van der Waals surface area contributed by atoms with Crippen LogP contribution in [0.5, 0.6) is 0 Å². The van der Waals surface area contributed by atoms with Gasteiger partial charge in [-0.1, -0.05) is 13.0 Å². The van der Waals surface area contributed by atoms with E-state index in [1.165, 1.54) is 6.20 Å². The predicted molar refractivity (Wildman–Crippen MR) is 72.2 cm³/mol. The Labute approximate surface area is 117 Å². The van der Waals surface area contributed by atoms with Crippen LogP contribution >= 0.6 is 0 Å². The molecular weight excluding hydrogens is 280 g/mol. The molecule has 0 spiro atoms. The maximum atomic E-state index is 12.1. The van der Waals surface area contributed by atoms with Gasteiger partial charge in [0, 0.05) is 11.8 Å². The lowest BCUT2D eigenvalue weighted by Crippen LogP contribution is -2.25. The largest absolute Gasteiger partial charge is 0.392 e. The molecule has 3 N–H and O–H groups in total. The molecule has 108 valence electrons. The van der Waals surface area contributed by atoms with Gasteiger partial charge in [-0.15, -0.1) is 0 Å². The van der Waals surface area contributed by atoms with Crippen LogP contribution in [-0.2, 0) is 29.6 Å². The van der Waals surface area contributed by atoms with E-state index in [2.05, 4.69) is 19.9 Å². The number of hydrogen-bond donors (Lipinski definition) is 3. The van der Waals surface area contributed by atoms with Crippen molar-refractivity contribution >= 4 is 10.0 Å². The van der Waals surface area contributed by atoms with Crippen LogP contribution in [0.1, 0.15) is 23.7 Å². The second-order valence-electron chi connectivity index (χ2n) is 4.17. The Bertz CT molecular complexity index is 682. The van der Waals surface area contributed by atoms with Crippen molar-refractivity contribution in [2.45, 2.75) is 31.5 Å². The van der Waals surface area contributed by atoms with Crippen LogP contribution in [0.15, 0.2) is 29.6 Å². The van der Waals surface area contributed by atoms with Gasteiger partial charge in [-0.3, -0.25) is 10.1 Å². The fraction of sp³-hybridized carbons (Fsp3) is 0.333. The first-order chi connectivity index (χ1) is 9.58. The van der Waals surface area contributed by atoms with Crippen molar-refractivity contribution in [3.05, 3.63) is 41.3 Å². The average molecular weight is 296 g/mol. The number of sulfonamides is 1. The number of nitrogens with zero attached hydrogens (tertiary/aromatic N) is 2. The Balaban J connectivity index is 2.18. The highest BCUT2D eigenvalue weighted by Crippen LogP contribution is 2.13. The molecular formula is C12H16N4O3S. The Hall–Kier alpha value is -1.77. The molecule has 7 nitrogen and oxygen atoms in total. The molecule has 0 radical (unpaired) electrons. The molecule has 8 heteroatoms. The second kappa shape index (κ2) is 6.12. The minimum atomic E-state index is -3.75. The number of H-pyrrole nitrogens is 1. The van der Waals surface area contributed by atoms with Crippen molar-refractivity contribution < 1.29 is 13.5 Å². The lowest BCUT2D eigenvalue weighted by Gasteiger charge is -2.08. The van der Waals surface area contributed by atoms with Gasteiger partial charge < -0.3 is 5.11 Å². The molecule has 0 bridgehead atoms. The zero-order chi connectivity index (χ0) is 14.6. The van der Waals surface area contributed by atoms with Crippen LogP contribution in [0, 0.1) is 0 Å². The van der Waals surface area contributed by atoms with Gasteiger partial charge in [0.15, 0.2) is 5.03 Å². The highest BCUT2D eigenvalue weighted by molar-refractivity contribution is 7.89. The number of aromatic amines is 1. The number of nitrogens with one attached hydrogen (secondary N) is 2. The summed E-state index contributed by atoms with van der Waals surface area (Å²) in [4.78, 5) is 4.17. The van der Waals surface area contributed by atoms with Crippen molar-refractivity contribution in [3.63, 3.8) is 0 Å². The number of aliphatic hydroxyl groups excluding tert-OH is 1. The molecule has 0 aromatic carbocycles. The van der Waals surface area contributed by atoms with Crippen molar-refractivity contribution in [1.82, 2.24) is 19.9 Å². The second-order valence-corrected chi connectivity index (χ2v) is 5.87. The summed E-state index contributed by atoms with van der Waals surface area (Å²) in [5.41, 5.74) is 1.90. The third kappa shape index (κ3) is 3.03. The smallest absolute Gasteiger partial charge is 0.258 e. The molecule has 2 rings (SSSR count). The zero-order valence-electron chi connectivity index (χ0n) is 11.0. The van der Waals surface area contributed by atoms with Crippen LogP contribution in [0.2, 0.25) is 0 Å². The maximum absolute atomic E-state index is 12.1. The molecule has 2 aromatic rings. The molecule has 20 heavy (non-hydrogen) atoms. The summed E-state index contributed by atoms with van der Waals surface area (Å²) in [5.74, 6) is 0. The van der Waals surface area contributed by atoms with E-state index in [4.69, 9.17) is 5.11 Å². The molecule has 0 saturated carbocycles. The summed E-state index contributed by atoms with van der Waals surface area (Å²) >= 11 is 0. The summed E-state index contributed by atoms with van der Waals surface area (Å²) in [6.45, 7) is 1.68. The molecule has 0 aliphatic carbocycles. The van der Waals surface area contributed by atoms with Gasteiger partial charge in [-0.05, 0) is 18.1 Å². The van der Waals surface area contributed by atoms with Crippen LogP contribution < -0.4 is 4.72 Å². The number of aromatic nitrogens is 3. The lowest BCUT2D eigenvalue weighted by atomic mass is 10.1. The molecule has 0 fully saturated rings. The van der Waals surface area contributed by atoms with E-state index in [-0.39, 0.29) is 17.1 Å². The fourth-order valence-electron chi connectivity index (χ4n) is 1.83. The fourth-order valence-corrected chi connectivity index (χ4v) is 2.94. The molecule has 0 saturated heterocycles. The molecule has 0 atom stereocenters. The van der Waals surface area contributed by atoms with Crippen molar-refractivity contribution in [3.8, 4) is 0 Å². The molecule has 2 heterocycles. The number of rotatable bonds is 6. The van der Waals surface area contributed by atoms with Crippen molar-refractivity contribution in [1.29, 1.82) is 0 Å². The Kier molecular flexibility index (Phi) is 4.48. The first-order valence-corrected chi connectivity index (χ1v) is 7.62. The van der Waals surface area contributed by atoms with Gasteiger partial charge in [-0.25, -0.2) is 13.1 Å². The Morgan fingerprint density at radius 3 is 2.90 bits per heavy atom. The summed E-state index contributed by atoms with van der Waals surface area (Å²) in [6, 6.07) is 3.72. The van der Waals surface area contributed by atoms with Gasteiger partial charge in [0.1, 0.15) is 0 Å². The predicted octanol–water partition coefficient (Wildman–Crippen LogP) is 0.338. The minimum absolute atomic E-state index is 0.0935. The number of hydrogen-bond acceptors (Lipinski definition) is 5. The van der Waals surface area contributed by atoms with Gasteiger partial charge in [0.2, 0.25) is 0 Å². The van der Waals surface area contributed by atoms with E-state index >= 15 is 0 Å². The third-order valence-corrected chi connectivity index (χ3v) is 4.33. The summed E-state index contributed by atoms with van der Waals surface area (Å²) < 4.78 is 26.7. The quantitative estimate of drug-likeness (QED) is 0.712. The van der Waals surface area contributed by atoms with Crippen LogP contribution in [-0.4, -0.2) is 28.7 Å². The monoisotopic (exact) mass is 296 g/mol. The number of pyridine rings is 1. The van der Waals surface area contributed by atoms with Gasteiger partial charge in [-0.2, -0.15) is 5.10 Å².